The highest BCUT2D eigenvalue weighted by atomic mass is 16.8. The summed E-state index contributed by atoms with van der Waals surface area (Å²) in [6.07, 6.45) is -0.481. The molecule has 0 amide bonds. The molecule has 0 spiro atoms. The summed E-state index contributed by atoms with van der Waals surface area (Å²) in [7, 11) is 0. The van der Waals surface area contributed by atoms with E-state index in [1.165, 1.54) is 0 Å². The molecule has 0 aromatic carbocycles. The van der Waals surface area contributed by atoms with Crippen LogP contribution in [0.1, 0.15) is 27.2 Å². The van der Waals surface area contributed by atoms with Crippen molar-refractivity contribution in [2.75, 3.05) is 0 Å². The lowest BCUT2D eigenvalue weighted by atomic mass is 10.1. The highest BCUT2D eigenvalue weighted by Gasteiger charge is 2.54. The largest absolute Gasteiger partial charge is 0.366 e. The fourth-order valence-corrected chi connectivity index (χ4v) is 1.99. The van der Waals surface area contributed by atoms with Gasteiger partial charge in [-0.2, -0.15) is 0 Å². The molecule has 2 aliphatic rings. The molecule has 13 heavy (non-hydrogen) atoms. The second-order valence-corrected chi connectivity index (χ2v) is 4.04. The van der Waals surface area contributed by atoms with Crippen LogP contribution in [0.3, 0.4) is 0 Å². The van der Waals surface area contributed by atoms with Crippen molar-refractivity contribution in [3.8, 4) is 0 Å². The molecule has 0 aromatic heterocycles. The number of aliphatic hydroxyl groups excluding tert-OH is 1. The van der Waals surface area contributed by atoms with Gasteiger partial charge in [-0.3, -0.25) is 0 Å². The van der Waals surface area contributed by atoms with Crippen LogP contribution < -0.4 is 0 Å². The van der Waals surface area contributed by atoms with Crippen molar-refractivity contribution in [1.29, 1.82) is 0 Å². The van der Waals surface area contributed by atoms with Gasteiger partial charge in [-0.1, -0.05) is 6.92 Å². The van der Waals surface area contributed by atoms with Crippen LogP contribution in [0.4, 0.5) is 0 Å². The van der Waals surface area contributed by atoms with Crippen molar-refractivity contribution in [3.63, 3.8) is 0 Å². The maximum Gasteiger partial charge on any atom is 0.184 e. The van der Waals surface area contributed by atoms with E-state index in [2.05, 4.69) is 0 Å². The molecule has 0 radical (unpaired) electrons. The third-order valence-corrected chi connectivity index (χ3v) is 2.53. The predicted molar refractivity (Wildman–Crippen MR) is 45.0 cm³/mol. The first-order valence-corrected chi connectivity index (χ1v) is 4.72. The molecule has 2 fully saturated rings. The van der Waals surface area contributed by atoms with Gasteiger partial charge in [0.25, 0.3) is 0 Å². The Morgan fingerprint density at radius 2 is 1.85 bits per heavy atom. The van der Waals surface area contributed by atoms with Crippen LogP contribution in [0.2, 0.25) is 0 Å². The van der Waals surface area contributed by atoms with Gasteiger partial charge in [-0.05, 0) is 20.3 Å². The van der Waals surface area contributed by atoms with E-state index in [0.29, 0.717) is 0 Å². The van der Waals surface area contributed by atoms with Gasteiger partial charge in [-0.25, -0.2) is 0 Å². The summed E-state index contributed by atoms with van der Waals surface area (Å²) in [4.78, 5) is 0. The first-order chi connectivity index (χ1) is 6.03. The fraction of sp³-hybridized carbons (Fsp3) is 1.00. The Morgan fingerprint density at radius 1 is 1.23 bits per heavy atom. The molecule has 2 heterocycles. The van der Waals surface area contributed by atoms with Gasteiger partial charge in [-0.15, -0.1) is 0 Å². The normalized spacial score (nSPS) is 48.0. The van der Waals surface area contributed by atoms with Crippen LogP contribution in [0.25, 0.3) is 0 Å². The Labute approximate surface area is 77.8 Å². The molecule has 76 valence electrons. The van der Waals surface area contributed by atoms with E-state index in [-0.39, 0.29) is 18.3 Å². The molecule has 0 saturated carbocycles. The summed E-state index contributed by atoms with van der Waals surface area (Å²) < 4.78 is 16.4. The van der Waals surface area contributed by atoms with Crippen LogP contribution in [0.5, 0.6) is 0 Å². The summed E-state index contributed by atoms with van der Waals surface area (Å²) in [6.45, 7) is 5.71. The second kappa shape index (κ2) is 2.92. The van der Waals surface area contributed by atoms with Crippen LogP contribution in [0.15, 0.2) is 0 Å². The zero-order valence-electron chi connectivity index (χ0n) is 8.19. The molecule has 4 atom stereocenters. The van der Waals surface area contributed by atoms with Crippen LogP contribution in [0, 0.1) is 0 Å². The minimum absolute atomic E-state index is 0.0400. The van der Waals surface area contributed by atoms with Crippen molar-refractivity contribution in [3.05, 3.63) is 0 Å². The predicted octanol–water partition coefficient (Wildman–Crippen LogP) is 0.634. The van der Waals surface area contributed by atoms with E-state index in [1.807, 2.05) is 20.8 Å². The third-order valence-electron chi connectivity index (χ3n) is 2.53. The summed E-state index contributed by atoms with van der Waals surface area (Å²) >= 11 is 0. The highest BCUT2D eigenvalue weighted by Crippen LogP contribution is 2.38. The van der Waals surface area contributed by atoms with Gasteiger partial charge >= 0.3 is 0 Å². The quantitative estimate of drug-likeness (QED) is 0.655. The first-order valence-electron chi connectivity index (χ1n) is 4.72. The van der Waals surface area contributed by atoms with Crippen LogP contribution in [-0.4, -0.2) is 35.5 Å². The minimum atomic E-state index is -0.836. The Kier molecular flexibility index (Phi) is 2.11. The zero-order chi connectivity index (χ0) is 9.64. The number of rotatable bonds is 1. The molecule has 0 aliphatic carbocycles. The Bertz CT molecular complexity index is 204. The van der Waals surface area contributed by atoms with Crippen molar-refractivity contribution >= 4 is 0 Å². The molecule has 2 rings (SSSR count). The van der Waals surface area contributed by atoms with Gasteiger partial charge in [0.15, 0.2) is 12.1 Å². The Morgan fingerprint density at radius 3 is 2.46 bits per heavy atom. The Hall–Kier alpha value is -0.160. The third kappa shape index (κ3) is 1.48. The standard InChI is InChI=1S/C9H16O4/c1-4-5-6-7(8(10)11-5)13-9(2,3)12-6/h5-8,10H,4H2,1-3H3/t5-,6-,7-,8?/m0/s1. The number of fused-ring (bicyclic) bond motifs is 1. The summed E-state index contributed by atoms with van der Waals surface area (Å²) in [5.41, 5.74) is 0. The van der Waals surface area contributed by atoms with E-state index >= 15 is 0 Å². The average Bonchev–Trinajstić information content (AvgIpc) is 2.47. The molecule has 4 heteroatoms. The van der Waals surface area contributed by atoms with Crippen molar-refractivity contribution < 1.29 is 19.3 Å². The number of hydrogen-bond acceptors (Lipinski definition) is 4. The molecular weight excluding hydrogens is 172 g/mol. The second-order valence-electron chi connectivity index (χ2n) is 4.04. The highest BCUT2D eigenvalue weighted by molar-refractivity contribution is 4.93. The maximum absolute atomic E-state index is 9.51. The van der Waals surface area contributed by atoms with E-state index < -0.39 is 12.1 Å². The van der Waals surface area contributed by atoms with Gasteiger partial charge in [0, 0.05) is 0 Å². The molecule has 1 N–H and O–H groups in total. The van der Waals surface area contributed by atoms with E-state index in [0.717, 1.165) is 6.42 Å². The number of hydrogen-bond donors (Lipinski definition) is 1. The van der Waals surface area contributed by atoms with Gasteiger partial charge in [0.2, 0.25) is 0 Å². The summed E-state index contributed by atoms with van der Waals surface area (Å²) in [5.74, 6) is -0.590. The molecule has 0 bridgehead atoms. The molecule has 2 aliphatic heterocycles. The lowest BCUT2D eigenvalue weighted by molar-refractivity contribution is -0.220. The topological polar surface area (TPSA) is 47.9 Å². The summed E-state index contributed by atoms with van der Waals surface area (Å²) in [6, 6.07) is 0. The minimum Gasteiger partial charge on any atom is -0.366 e. The van der Waals surface area contributed by atoms with Crippen molar-refractivity contribution in [2.45, 2.75) is 57.6 Å². The van der Waals surface area contributed by atoms with Gasteiger partial charge in [0.1, 0.15) is 12.2 Å². The fourth-order valence-electron chi connectivity index (χ4n) is 1.99. The number of ether oxygens (including phenoxy) is 3. The van der Waals surface area contributed by atoms with Gasteiger partial charge < -0.3 is 19.3 Å². The SMILES string of the molecule is CC[C@@H]1OC(O)[C@H]2OC(C)(C)O[C@@H]12. The molecular formula is C9H16O4. The van der Waals surface area contributed by atoms with E-state index in [9.17, 15) is 5.11 Å². The number of aliphatic hydroxyl groups is 1. The maximum atomic E-state index is 9.51. The zero-order valence-corrected chi connectivity index (χ0v) is 8.19. The average molecular weight is 188 g/mol. The molecule has 4 nitrogen and oxygen atoms in total. The van der Waals surface area contributed by atoms with E-state index in [1.54, 1.807) is 0 Å². The van der Waals surface area contributed by atoms with Crippen LogP contribution >= 0.6 is 0 Å². The summed E-state index contributed by atoms with van der Waals surface area (Å²) in [5, 5.41) is 9.51. The smallest absolute Gasteiger partial charge is 0.184 e. The lowest BCUT2D eigenvalue weighted by Crippen LogP contribution is -2.29. The molecule has 2 saturated heterocycles. The molecule has 1 unspecified atom stereocenters. The molecule has 0 aromatic rings. The van der Waals surface area contributed by atoms with Crippen molar-refractivity contribution in [1.82, 2.24) is 0 Å². The monoisotopic (exact) mass is 188 g/mol. The van der Waals surface area contributed by atoms with Crippen LogP contribution in [-0.2, 0) is 14.2 Å². The van der Waals surface area contributed by atoms with E-state index in [4.69, 9.17) is 14.2 Å². The van der Waals surface area contributed by atoms with Gasteiger partial charge in [0.05, 0.1) is 6.10 Å². The first kappa shape index (κ1) is 9.40. The lowest BCUT2D eigenvalue weighted by Gasteiger charge is -2.21. The van der Waals surface area contributed by atoms with Crippen molar-refractivity contribution in [2.24, 2.45) is 0 Å². The Balaban J connectivity index is 2.12.